The molecule has 98 valence electrons. The fourth-order valence-electron chi connectivity index (χ4n) is 1.25. The van der Waals surface area contributed by atoms with Crippen molar-refractivity contribution in [3.8, 4) is 0 Å². The van der Waals surface area contributed by atoms with Gasteiger partial charge in [0.15, 0.2) is 9.84 Å². The zero-order valence-corrected chi connectivity index (χ0v) is 11.7. The Morgan fingerprint density at radius 2 is 2.00 bits per heavy atom. The highest BCUT2D eigenvalue weighted by molar-refractivity contribution is 9.10. The van der Waals surface area contributed by atoms with Crippen LogP contribution < -0.4 is 5.32 Å². The third-order valence-electron chi connectivity index (χ3n) is 2.11. The van der Waals surface area contributed by atoms with E-state index in [0.29, 0.717) is 4.47 Å². The van der Waals surface area contributed by atoms with Gasteiger partial charge in [0.25, 0.3) is 0 Å². The molecule has 8 heteroatoms. The van der Waals surface area contributed by atoms with Gasteiger partial charge in [-0.15, -0.1) is 0 Å². The van der Waals surface area contributed by atoms with Crippen LogP contribution in [0.2, 0.25) is 0 Å². The van der Waals surface area contributed by atoms with Crippen LogP contribution in [0.5, 0.6) is 0 Å². The molecule has 1 amide bonds. The molecule has 6 nitrogen and oxygen atoms in total. The molecule has 0 aliphatic carbocycles. The monoisotopic (exact) mass is 335 g/mol. The van der Waals surface area contributed by atoms with Crippen molar-refractivity contribution in [2.75, 3.05) is 12.8 Å². The molecule has 18 heavy (non-hydrogen) atoms. The highest BCUT2D eigenvalue weighted by atomic mass is 79.9. The quantitative estimate of drug-likeness (QED) is 0.842. The molecule has 2 N–H and O–H groups in total. The second kappa shape index (κ2) is 5.49. The number of sulfone groups is 1. The molecular formula is C10H10BrNO5S. The van der Waals surface area contributed by atoms with E-state index in [9.17, 15) is 18.0 Å². The van der Waals surface area contributed by atoms with E-state index in [-0.39, 0.29) is 10.5 Å². The van der Waals surface area contributed by atoms with Gasteiger partial charge in [-0.1, -0.05) is 15.9 Å². The van der Waals surface area contributed by atoms with Crippen LogP contribution in [0.3, 0.4) is 0 Å². The summed E-state index contributed by atoms with van der Waals surface area (Å²) in [6, 6.07) is 3.76. The van der Waals surface area contributed by atoms with E-state index in [2.05, 4.69) is 21.2 Å². The molecule has 1 rings (SSSR count). The topological polar surface area (TPSA) is 101 Å². The Bertz CT molecular complexity index is 596. The van der Waals surface area contributed by atoms with Gasteiger partial charge in [-0.25, -0.2) is 13.2 Å². The van der Waals surface area contributed by atoms with Crippen LogP contribution in [-0.4, -0.2) is 38.2 Å². The molecule has 0 spiro atoms. The summed E-state index contributed by atoms with van der Waals surface area (Å²) in [6.45, 7) is 0. The zero-order chi connectivity index (χ0) is 13.9. The molecule has 0 saturated heterocycles. The predicted octanol–water partition coefficient (Wildman–Crippen LogP) is 0.667. The fraction of sp³-hybridized carbons (Fsp3) is 0.200. The van der Waals surface area contributed by atoms with Gasteiger partial charge >= 0.3 is 5.97 Å². The van der Waals surface area contributed by atoms with E-state index in [1.807, 2.05) is 0 Å². The van der Waals surface area contributed by atoms with E-state index in [4.69, 9.17) is 5.11 Å². The Morgan fingerprint density at radius 1 is 1.39 bits per heavy atom. The molecule has 0 bridgehead atoms. The first-order chi connectivity index (χ1) is 8.27. The van der Waals surface area contributed by atoms with Gasteiger partial charge < -0.3 is 10.4 Å². The normalized spacial score (nSPS) is 11.0. The average Bonchev–Trinajstić information content (AvgIpc) is 2.27. The third kappa shape index (κ3) is 3.30. The van der Waals surface area contributed by atoms with Crippen molar-refractivity contribution in [2.24, 2.45) is 0 Å². The van der Waals surface area contributed by atoms with Crippen LogP contribution in [0.1, 0.15) is 10.4 Å². The van der Waals surface area contributed by atoms with Gasteiger partial charge in [-0.2, -0.15) is 0 Å². The minimum atomic E-state index is -3.99. The number of nitrogens with one attached hydrogen (secondary N) is 1. The smallest absolute Gasteiger partial charge is 0.337 e. The SMILES string of the molecule is CNC(=O)CS(=O)(=O)c1cc(Br)ccc1C(=O)O. The summed E-state index contributed by atoms with van der Waals surface area (Å²) in [7, 11) is -2.69. The number of carbonyl (C=O) groups excluding carboxylic acids is 1. The maximum absolute atomic E-state index is 11.9. The Labute approximate surface area is 112 Å². The van der Waals surface area contributed by atoms with E-state index in [0.717, 1.165) is 0 Å². The minimum Gasteiger partial charge on any atom is -0.478 e. The van der Waals surface area contributed by atoms with Crippen molar-refractivity contribution in [2.45, 2.75) is 4.90 Å². The van der Waals surface area contributed by atoms with Crippen LogP contribution in [0, 0.1) is 0 Å². The molecule has 0 aromatic heterocycles. The number of rotatable bonds is 4. The number of benzene rings is 1. The van der Waals surface area contributed by atoms with Crippen molar-refractivity contribution >= 4 is 37.6 Å². The Kier molecular flexibility index (Phi) is 4.47. The minimum absolute atomic E-state index is 0.359. The molecule has 1 aromatic carbocycles. The van der Waals surface area contributed by atoms with Crippen molar-refractivity contribution in [1.82, 2.24) is 5.32 Å². The second-order valence-corrected chi connectivity index (χ2v) is 6.25. The van der Waals surface area contributed by atoms with Crippen molar-refractivity contribution < 1.29 is 23.1 Å². The van der Waals surface area contributed by atoms with Crippen molar-refractivity contribution in [1.29, 1.82) is 0 Å². The Hall–Kier alpha value is -1.41. The van der Waals surface area contributed by atoms with E-state index in [1.54, 1.807) is 0 Å². The summed E-state index contributed by atoms with van der Waals surface area (Å²) in [5.74, 6) is -2.86. The summed E-state index contributed by atoms with van der Waals surface area (Å²) in [5, 5.41) is 11.1. The standard InChI is InChI=1S/C10H10BrNO5S/c1-12-9(13)5-18(16,17)8-4-6(11)2-3-7(8)10(14)15/h2-4H,5H2,1H3,(H,12,13)(H,14,15). The van der Waals surface area contributed by atoms with Crippen LogP contribution in [-0.2, 0) is 14.6 Å². The van der Waals surface area contributed by atoms with Gasteiger partial charge in [0.2, 0.25) is 5.91 Å². The van der Waals surface area contributed by atoms with Gasteiger partial charge in [0, 0.05) is 11.5 Å². The number of halogens is 1. The van der Waals surface area contributed by atoms with Crippen LogP contribution >= 0.6 is 15.9 Å². The maximum atomic E-state index is 11.9. The molecule has 0 saturated carbocycles. The van der Waals surface area contributed by atoms with Crippen LogP contribution in [0.15, 0.2) is 27.6 Å². The van der Waals surface area contributed by atoms with E-state index in [1.165, 1.54) is 25.2 Å². The fourth-order valence-corrected chi connectivity index (χ4v) is 3.21. The summed E-state index contributed by atoms with van der Waals surface area (Å²) >= 11 is 3.06. The van der Waals surface area contributed by atoms with Gasteiger partial charge in [-0.3, -0.25) is 4.79 Å². The zero-order valence-electron chi connectivity index (χ0n) is 9.31. The van der Waals surface area contributed by atoms with Crippen LogP contribution in [0.4, 0.5) is 0 Å². The first-order valence-corrected chi connectivity index (χ1v) is 7.18. The third-order valence-corrected chi connectivity index (χ3v) is 4.25. The number of carbonyl (C=O) groups is 2. The van der Waals surface area contributed by atoms with Crippen LogP contribution in [0.25, 0.3) is 0 Å². The maximum Gasteiger partial charge on any atom is 0.337 e. The van der Waals surface area contributed by atoms with Gasteiger partial charge in [-0.05, 0) is 18.2 Å². The Morgan fingerprint density at radius 3 is 2.50 bits per heavy atom. The number of hydrogen-bond donors (Lipinski definition) is 2. The number of carboxylic acid groups (broad SMARTS) is 1. The lowest BCUT2D eigenvalue weighted by atomic mass is 10.2. The number of carboxylic acids is 1. The first kappa shape index (κ1) is 14.7. The summed E-state index contributed by atoms with van der Waals surface area (Å²) in [5.41, 5.74) is -0.359. The first-order valence-electron chi connectivity index (χ1n) is 4.74. The van der Waals surface area contributed by atoms with Crippen molar-refractivity contribution in [3.05, 3.63) is 28.2 Å². The second-order valence-electron chi connectivity index (χ2n) is 3.38. The summed E-state index contributed by atoms with van der Waals surface area (Å²) in [6.07, 6.45) is 0. The number of aromatic carboxylic acids is 1. The van der Waals surface area contributed by atoms with Crippen molar-refractivity contribution in [3.63, 3.8) is 0 Å². The molecular weight excluding hydrogens is 326 g/mol. The molecule has 0 heterocycles. The molecule has 0 aliphatic rings. The lowest BCUT2D eigenvalue weighted by molar-refractivity contribution is -0.118. The number of hydrogen-bond acceptors (Lipinski definition) is 4. The summed E-state index contributed by atoms with van der Waals surface area (Å²) < 4.78 is 24.3. The molecule has 0 radical (unpaired) electrons. The van der Waals surface area contributed by atoms with E-state index < -0.39 is 27.5 Å². The summed E-state index contributed by atoms with van der Waals surface area (Å²) in [4.78, 5) is 21.7. The molecule has 0 unspecified atom stereocenters. The molecule has 1 aromatic rings. The van der Waals surface area contributed by atoms with Gasteiger partial charge in [0.1, 0.15) is 5.75 Å². The molecule has 0 aliphatic heterocycles. The Balaban J connectivity index is 3.35. The molecule has 0 fully saturated rings. The van der Waals surface area contributed by atoms with Gasteiger partial charge in [0.05, 0.1) is 10.5 Å². The number of amides is 1. The molecule has 0 atom stereocenters. The van der Waals surface area contributed by atoms with E-state index >= 15 is 0 Å². The highest BCUT2D eigenvalue weighted by Crippen LogP contribution is 2.22. The lowest BCUT2D eigenvalue weighted by Gasteiger charge is -2.07. The predicted molar refractivity (Wildman–Crippen MR) is 67.2 cm³/mol. The highest BCUT2D eigenvalue weighted by Gasteiger charge is 2.25. The lowest BCUT2D eigenvalue weighted by Crippen LogP contribution is -2.27. The average molecular weight is 336 g/mol. The largest absolute Gasteiger partial charge is 0.478 e.